The second-order valence-corrected chi connectivity index (χ2v) is 12.4. The SMILES string of the molecule is CC(=O)O[C@@]12CO[C@@H]1C[C@H](O)[C@]1(C)[C@@H]2[C@H](OC(=O)c2ccccc2)[C@@]23C[C@H](O)C(C)=C2C1(O)C(=O)OC3(C)C. The van der Waals surface area contributed by atoms with Gasteiger partial charge in [0.25, 0.3) is 0 Å². The fraction of sp³-hybridized carbons (Fsp3) is 0.621. The predicted molar refractivity (Wildman–Crippen MR) is 133 cm³/mol. The minimum absolute atomic E-state index is 0.0200. The molecule has 3 aliphatic carbocycles. The molecular weight excluding hydrogens is 508 g/mol. The van der Waals surface area contributed by atoms with E-state index in [9.17, 15) is 29.7 Å². The van der Waals surface area contributed by atoms with Crippen LogP contribution in [0.1, 0.15) is 57.8 Å². The first-order valence-corrected chi connectivity index (χ1v) is 13.3. The van der Waals surface area contributed by atoms with Crippen molar-refractivity contribution in [3.63, 3.8) is 0 Å². The monoisotopic (exact) mass is 542 g/mol. The van der Waals surface area contributed by atoms with Crippen LogP contribution in [0.4, 0.5) is 0 Å². The number of hydrogen-bond donors (Lipinski definition) is 3. The molecule has 9 atom stereocenters. The standard InChI is InChI=1S/C29H34O10/c1-14-17(31)12-27-20(14)29(35,24(34)39-25(27,3)4)26(5)18(32)11-19-28(13-36-19,38-15(2)30)21(26)22(27)37-23(33)16-9-7-6-8-10-16/h6-10,17-19,21-22,31-32,35H,11-13H2,1-5H3/t17-,18-,19+,21-,22-,26+,27+,28-,29?/m0/s1. The van der Waals surface area contributed by atoms with E-state index in [0.717, 1.165) is 0 Å². The van der Waals surface area contributed by atoms with Crippen LogP contribution in [0.3, 0.4) is 0 Å². The molecule has 10 nitrogen and oxygen atoms in total. The van der Waals surface area contributed by atoms with Gasteiger partial charge in [-0.05, 0) is 50.5 Å². The van der Waals surface area contributed by atoms with Gasteiger partial charge in [-0.15, -0.1) is 0 Å². The Bertz CT molecular complexity index is 1300. The number of hydrogen-bond acceptors (Lipinski definition) is 10. The molecule has 3 N–H and O–H groups in total. The number of benzene rings is 1. The molecule has 0 radical (unpaired) electrons. The summed E-state index contributed by atoms with van der Waals surface area (Å²) in [5.74, 6) is -3.36. The molecule has 2 aliphatic heterocycles. The Morgan fingerprint density at radius 1 is 1.10 bits per heavy atom. The minimum atomic E-state index is -2.41. The molecule has 10 heteroatoms. The quantitative estimate of drug-likeness (QED) is 0.291. The number of esters is 3. The van der Waals surface area contributed by atoms with Gasteiger partial charge in [0.05, 0.1) is 35.7 Å². The van der Waals surface area contributed by atoms with Crippen molar-refractivity contribution in [2.45, 2.75) is 88.7 Å². The molecule has 1 aromatic carbocycles. The Kier molecular flexibility index (Phi) is 5.36. The number of cyclic esters (lactones) is 1. The van der Waals surface area contributed by atoms with Crippen LogP contribution < -0.4 is 0 Å². The van der Waals surface area contributed by atoms with Crippen molar-refractivity contribution >= 4 is 17.9 Å². The van der Waals surface area contributed by atoms with Gasteiger partial charge in [0, 0.05) is 18.8 Å². The third-order valence-electron chi connectivity index (χ3n) is 10.4. The van der Waals surface area contributed by atoms with Crippen molar-refractivity contribution in [3.8, 4) is 0 Å². The zero-order valence-electron chi connectivity index (χ0n) is 22.6. The summed E-state index contributed by atoms with van der Waals surface area (Å²) in [5.41, 5.74) is -7.51. The number of carbonyl (C=O) groups excluding carboxylic acids is 3. The average molecular weight is 543 g/mol. The van der Waals surface area contributed by atoms with E-state index in [1.165, 1.54) is 6.92 Å². The molecule has 0 amide bonds. The van der Waals surface area contributed by atoms with Crippen LogP contribution in [-0.2, 0) is 28.5 Å². The molecular formula is C29H34O10. The van der Waals surface area contributed by atoms with Gasteiger partial charge in [0.1, 0.15) is 17.8 Å². The summed E-state index contributed by atoms with van der Waals surface area (Å²) in [6, 6.07) is 8.35. The molecule has 39 heavy (non-hydrogen) atoms. The molecule has 210 valence electrons. The molecule has 0 spiro atoms. The van der Waals surface area contributed by atoms with Gasteiger partial charge < -0.3 is 34.3 Å². The Hall–Kier alpha value is -2.79. The smallest absolute Gasteiger partial charge is 0.343 e. The van der Waals surface area contributed by atoms with Crippen molar-refractivity contribution < 1.29 is 48.7 Å². The van der Waals surface area contributed by atoms with Gasteiger partial charge in [0.2, 0.25) is 0 Å². The first-order chi connectivity index (χ1) is 18.2. The molecule has 1 unspecified atom stereocenters. The Morgan fingerprint density at radius 2 is 1.77 bits per heavy atom. The molecule has 1 aromatic rings. The first kappa shape index (κ1) is 26.4. The number of carbonyl (C=O) groups is 3. The summed E-state index contributed by atoms with van der Waals surface area (Å²) in [4.78, 5) is 40.1. The summed E-state index contributed by atoms with van der Waals surface area (Å²) in [5, 5.41) is 35.5. The molecule has 2 saturated carbocycles. The number of aliphatic hydroxyl groups excluding tert-OH is 2. The minimum Gasteiger partial charge on any atom is -0.457 e. The number of rotatable bonds is 3. The highest BCUT2D eigenvalue weighted by Crippen LogP contribution is 2.75. The third-order valence-corrected chi connectivity index (χ3v) is 10.4. The summed E-state index contributed by atoms with van der Waals surface area (Å²) < 4.78 is 24.1. The van der Waals surface area contributed by atoms with Crippen molar-refractivity contribution in [1.82, 2.24) is 0 Å². The van der Waals surface area contributed by atoms with Crippen molar-refractivity contribution in [1.29, 1.82) is 0 Å². The highest BCUT2D eigenvalue weighted by molar-refractivity contribution is 5.91. The van der Waals surface area contributed by atoms with Gasteiger partial charge >= 0.3 is 17.9 Å². The van der Waals surface area contributed by atoms with Crippen LogP contribution in [0.15, 0.2) is 41.5 Å². The average Bonchev–Trinajstić information content (AvgIpc) is 3.15. The zero-order valence-corrected chi connectivity index (χ0v) is 22.6. The van der Waals surface area contributed by atoms with E-state index < -0.39 is 75.9 Å². The fourth-order valence-corrected chi connectivity index (χ4v) is 8.58. The Morgan fingerprint density at radius 3 is 2.36 bits per heavy atom. The van der Waals surface area contributed by atoms with E-state index in [4.69, 9.17) is 18.9 Å². The molecule has 2 saturated heterocycles. The van der Waals surface area contributed by atoms with Crippen LogP contribution in [0, 0.1) is 16.7 Å². The third kappa shape index (κ3) is 2.88. The van der Waals surface area contributed by atoms with Crippen LogP contribution >= 0.6 is 0 Å². The summed E-state index contributed by atoms with van der Waals surface area (Å²) >= 11 is 0. The lowest BCUT2D eigenvalue weighted by Crippen LogP contribution is -2.87. The van der Waals surface area contributed by atoms with Crippen LogP contribution in [0.2, 0.25) is 0 Å². The topological polar surface area (TPSA) is 149 Å². The first-order valence-electron chi connectivity index (χ1n) is 13.3. The second kappa shape index (κ2) is 7.90. The van der Waals surface area contributed by atoms with Gasteiger partial charge in [-0.2, -0.15) is 0 Å². The summed E-state index contributed by atoms with van der Waals surface area (Å²) in [7, 11) is 0. The maximum atomic E-state index is 13.9. The zero-order chi connectivity index (χ0) is 28.3. The maximum absolute atomic E-state index is 13.9. The molecule has 2 bridgehead atoms. The lowest BCUT2D eigenvalue weighted by Gasteiger charge is -2.73. The highest BCUT2D eigenvalue weighted by Gasteiger charge is 2.87. The van der Waals surface area contributed by atoms with E-state index in [1.807, 2.05) is 0 Å². The maximum Gasteiger partial charge on any atom is 0.343 e. The summed E-state index contributed by atoms with van der Waals surface area (Å²) in [6.45, 7) is 7.67. The van der Waals surface area contributed by atoms with Gasteiger partial charge in [-0.1, -0.05) is 25.1 Å². The largest absolute Gasteiger partial charge is 0.457 e. The van der Waals surface area contributed by atoms with Gasteiger partial charge in [-0.3, -0.25) is 4.79 Å². The Balaban J connectivity index is 1.67. The van der Waals surface area contributed by atoms with Crippen LogP contribution in [0.25, 0.3) is 0 Å². The molecule has 0 aromatic heterocycles. The van der Waals surface area contributed by atoms with Gasteiger partial charge in [0.15, 0.2) is 11.2 Å². The molecule has 4 fully saturated rings. The fourth-order valence-electron chi connectivity index (χ4n) is 8.58. The lowest BCUT2D eigenvalue weighted by atomic mass is 9.37. The summed E-state index contributed by atoms with van der Waals surface area (Å²) in [6.07, 6.45) is -4.44. The highest BCUT2D eigenvalue weighted by atomic mass is 16.6. The predicted octanol–water partition coefficient (Wildman–Crippen LogP) is 1.45. The lowest BCUT2D eigenvalue weighted by molar-refractivity contribution is -0.380. The number of ether oxygens (including phenoxy) is 4. The normalized spacial score (nSPS) is 45.2. The van der Waals surface area contributed by atoms with E-state index in [0.29, 0.717) is 5.57 Å². The number of aliphatic hydroxyl groups is 3. The van der Waals surface area contributed by atoms with E-state index >= 15 is 0 Å². The molecule has 6 rings (SSSR count). The van der Waals surface area contributed by atoms with Crippen molar-refractivity contribution in [2.75, 3.05) is 6.61 Å². The molecule has 5 aliphatic rings. The van der Waals surface area contributed by atoms with Crippen LogP contribution in [0.5, 0.6) is 0 Å². The Labute approximate surface area is 225 Å². The van der Waals surface area contributed by atoms with E-state index in [1.54, 1.807) is 58.0 Å². The van der Waals surface area contributed by atoms with Gasteiger partial charge in [-0.25, -0.2) is 9.59 Å². The van der Waals surface area contributed by atoms with E-state index in [-0.39, 0.29) is 30.6 Å². The van der Waals surface area contributed by atoms with Crippen molar-refractivity contribution in [3.05, 3.63) is 47.0 Å². The van der Waals surface area contributed by atoms with Crippen LogP contribution in [-0.4, -0.2) is 81.1 Å². The number of fused-ring (bicyclic) bond motifs is 4. The van der Waals surface area contributed by atoms with Crippen molar-refractivity contribution in [2.24, 2.45) is 16.7 Å². The van der Waals surface area contributed by atoms with E-state index in [2.05, 4.69) is 0 Å². The second-order valence-electron chi connectivity index (χ2n) is 12.4. The molecule has 2 heterocycles.